The Balaban J connectivity index is 0. The summed E-state index contributed by atoms with van der Waals surface area (Å²) >= 11 is 0. The fourth-order valence-corrected chi connectivity index (χ4v) is 4.83. The van der Waals surface area contributed by atoms with Crippen LogP contribution < -0.4 is 0 Å². The van der Waals surface area contributed by atoms with Crippen LogP contribution in [0.25, 0.3) is 0 Å². The molecule has 0 aliphatic heterocycles. The minimum absolute atomic E-state index is 0.345. The highest BCUT2D eigenvalue weighted by Gasteiger charge is 2.11. The number of nitrogens with zero attached hydrogens (tertiary/aromatic N) is 1. The molecular formula is C32H67NO2. The molecule has 35 heavy (non-hydrogen) atoms. The summed E-state index contributed by atoms with van der Waals surface area (Å²) < 4.78 is 0. The molecule has 0 aromatic heterocycles. The number of carboxylic acid groups (broad SMARTS) is 1. The van der Waals surface area contributed by atoms with Crippen LogP contribution in [-0.4, -0.2) is 34.6 Å². The Bertz CT molecular complexity index is 400. The van der Waals surface area contributed by atoms with Crippen LogP contribution in [-0.2, 0) is 4.79 Å². The molecule has 3 nitrogen and oxygen atoms in total. The second kappa shape index (κ2) is 29.7. The van der Waals surface area contributed by atoms with Crippen LogP contribution in [0.3, 0.4) is 0 Å². The largest absolute Gasteiger partial charge is 0.481 e. The number of hydrogen-bond donors (Lipinski definition) is 1. The first-order valence-electron chi connectivity index (χ1n) is 15.8. The lowest BCUT2D eigenvalue weighted by molar-refractivity contribution is -0.137. The smallest absolute Gasteiger partial charge is 0.303 e. The number of carboxylic acids is 1. The van der Waals surface area contributed by atoms with E-state index < -0.39 is 5.97 Å². The van der Waals surface area contributed by atoms with Gasteiger partial charge in [0.25, 0.3) is 0 Å². The highest BCUT2D eigenvalue weighted by Crippen LogP contribution is 2.14. The highest BCUT2D eigenvalue weighted by molar-refractivity contribution is 5.66. The van der Waals surface area contributed by atoms with Gasteiger partial charge in [0.1, 0.15) is 0 Å². The molecule has 0 rings (SSSR count). The van der Waals surface area contributed by atoms with E-state index in [0.717, 1.165) is 12.8 Å². The Kier molecular flexibility index (Phi) is 31.0. The van der Waals surface area contributed by atoms with Gasteiger partial charge < -0.3 is 5.11 Å². The molecule has 0 aliphatic rings. The van der Waals surface area contributed by atoms with Crippen LogP contribution in [0, 0.1) is 0 Å². The Morgan fingerprint density at radius 3 is 1.09 bits per heavy atom. The Morgan fingerprint density at radius 1 is 0.514 bits per heavy atom. The van der Waals surface area contributed by atoms with E-state index in [2.05, 4.69) is 46.4 Å². The number of rotatable bonds is 25. The molecule has 0 heterocycles. The van der Waals surface area contributed by atoms with E-state index in [0.29, 0.717) is 18.5 Å². The summed E-state index contributed by atoms with van der Waals surface area (Å²) in [4.78, 5) is 12.9. The maximum absolute atomic E-state index is 10.3. The van der Waals surface area contributed by atoms with Gasteiger partial charge in [-0.25, -0.2) is 0 Å². The minimum Gasteiger partial charge on any atom is -0.481 e. The van der Waals surface area contributed by atoms with E-state index in [4.69, 9.17) is 5.11 Å². The van der Waals surface area contributed by atoms with E-state index >= 15 is 0 Å². The molecule has 0 atom stereocenters. The van der Waals surface area contributed by atoms with Gasteiger partial charge in [-0.05, 0) is 47.1 Å². The molecule has 3 heteroatoms. The lowest BCUT2D eigenvalue weighted by Crippen LogP contribution is -2.37. The lowest BCUT2D eigenvalue weighted by Gasteiger charge is -2.30. The third kappa shape index (κ3) is 31.4. The fraction of sp³-hybridized carbons (Fsp3) is 0.969. The molecule has 0 radical (unpaired) electrons. The summed E-state index contributed by atoms with van der Waals surface area (Å²) in [7, 11) is 0. The van der Waals surface area contributed by atoms with Crippen LogP contribution in [0.5, 0.6) is 0 Å². The van der Waals surface area contributed by atoms with Gasteiger partial charge in [-0.3, -0.25) is 9.69 Å². The van der Waals surface area contributed by atoms with Crippen molar-refractivity contribution in [3.05, 3.63) is 0 Å². The van der Waals surface area contributed by atoms with E-state index in [1.807, 2.05) is 0 Å². The molecule has 0 spiro atoms. The van der Waals surface area contributed by atoms with Gasteiger partial charge in [0, 0.05) is 18.5 Å². The molecule has 0 aromatic rings. The average Bonchev–Trinajstić information content (AvgIpc) is 2.80. The number of unbranched alkanes of at least 4 members (excludes halogenated alkanes) is 19. The van der Waals surface area contributed by atoms with Crippen molar-refractivity contribution in [3.63, 3.8) is 0 Å². The van der Waals surface area contributed by atoms with Crippen LogP contribution in [0.4, 0.5) is 0 Å². The lowest BCUT2D eigenvalue weighted by atomic mass is 10.0. The minimum atomic E-state index is -0.653. The zero-order chi connectivity index (χ0) is 26.6. The summed E-state index contributed by atoms with van der Waals surface area (Å²) in [6.45, 7) is 15.0. The third-order valence-corrected chi connectivity index (χ3v) is 7.09. The second-order valence-electron chi connectivity index (χ2n) is 11.3. The molecule has 0 saturated carbocycles. The molecule has 0 unspecified atom stereocenters. The van der Waals surface area contributed by atoms with E-state index in [-0.39, 0.29) is 0 Å². The van der Waals surface area contributed by atoms with Crippen molar-refractivity contribution >= 4 is 5.97 Å². The van der Waals surface area contributed by atoms with E-state index in [1.165, 1.54) is 129 Å². The van der Waals surface area contributed by atoms with Crippen LogP contribution in [0.1, 0.15) is 183 Å². The van der Waals surface area contributed by atoms with Gasteiger partial charge in [-0.1, -0.05) is 136 Å². The highest BCUT2D eigenvalue weighted by atomic mass is 16.4. The van der Waals surface area contributed by atoms with Crippen molar-refractivity contribution in [3.8, 4) is 0 Å². The molecule has 0 saturated heterocycles. The molecule has 0 bridgehead atoms. The molecule has 0 amide bonds. The Morgan fingerprint density at radius 2 is 0.800 bits per heavy atom. The number of aliphatic carboxylic acids is 1. The predicted octanol–water partition coefficient (Wildman–Crippen LogP) is 10.8. The van der Waals surface area contributed by atoms with Gasteiger partial charge >= 0.3 is 5.97 Å². The van der Waals surface area contributed by atoms with E-state index in [9.17, 15) is 4.79 Å². The van der Waals surface area contributed by atoms with Gasteiger partial charge in [0.15, 0.2) is 0 Å². The van der Waals surface area contributed by atoms with Crippen molar-refractivity contribution in [2.24, 2.45) is 0 Å². The summed E-state index contributed by atoms with van der Waals surface area (Å²) in [5, 5.41) is 8.52. The summed E-state index contributed by atoms with van der Waals surface area (Å²) in [5.74, 6) is -0.653. The first-order valence-corrected chi connectivity index (χ1v) is 15.8. The molecule has 0 aliphatic carbocycles. The molecule has 0 aromatic carbocycles. The predicted molar refractivity (Wildman–Crippen MR) is 158 cm³/mol. The van der Waals surface area contributed by atoms with Gasteiger partial charge in [0.05, 0.1) is 0 Å². The van der Waals surface area contributed by atoms with Crippen molar-refractivity contribution in [1.82, 2.24) is 4.90 Å². The fourth-order valence-electron chi connectivity index (χ4n) is 4.83. The normalized spacial score (nSPS) is 11.3. The maximum Gasteiger partial charge on any atom is 0.303 e. The van der Waals surface area contributed by atoms with Gasteiger partial charge in [0.2, 0.25) is 0 Å². The van der Waals surface area contributed by atoms with Gasteiger partial charge in [-0.2, -0.15) is 0 Å². The summed E-state index contributed by atoms with van der Waals surface area (Å²) in [6, 6.07) is 1.39. The topological polar surface area (TPSA) is 40.5 Å². The Hall–Kier alpha value is -0.570. The number of hydrogen-bond acceptors (Lipinski definition) is 2. The zero-order valence-electron chi connectivity index (χ0n) is 25.2. The average molecular weight is 498 g/mol. The monoisotopic (exact) mass is 498 g/mol. The first-order chi connectivity index (χ1) is 16.9. The molecule has 1 N–H and O–H groups in total. The van der Waals surface area contributed by atoms with Crippen molar-refractivity contribution in [2.45, 2.75) is 195 Å². The molecular weight excluding hydrogens is 430 g/mol. The number of carbonyl (C=O) groups is 1. The maximum atomic E-state index is 10.3. The Labute approximate surface area is 222 Å². The third-order valence-electron chi connectivity index (χ3n) is 7.09. The van der Waals surface area contributed by atoms with Crippen molar-refractivity contribution in [1.29, 1.82) is 0 Å². The SMILES string of the molecule is CCCCCCCCCCCCCCCCCC(=O)O.CCCCCCCCN(C(C)C)C(C)C. The molecule has 212 valence electrons. The quantitative estimate of drug-likeness (QED) is 0.127. The second-order valence-corrected chi connectivity index (χ2v) is 11.3. The summed E-state index contributed by atoms with van der Waals surface area (Å²) in [5.41, 5.74) is 0. The van der Waals surface area contributed by atoms with Crippen LogP contribution in [0.2, 0.25) is 0 Å². The van der Waals surface area contributed by atoms with E-state index in [1.54, 1.807) is 0 Å². The standard InChI is InChI=1S/C18H36O2.C14H31N/c1-2-3-4-5-6-7-8-9-10-11-12-13-14-15-16-17-18(19)20;1-6-7-8-9-10-11-12-15(13(2)3)14(4)5/h2-17H2,1H3,(H,19,20);13-14H,6-12H2,1-5H3. The van der Waals surface area contributed by atoms with Crippen molar-refractivity contribution < 1.29 is 9.90 Å². The zero-order valence-corrected chi connectivity index (χ0v) is 25.2. The molecule has 0 fully saturated rings. The first kappa shape index (κ1) is 36.6. The van der Waals surface area contributed by atoms with Gasteiger partial charge in [-0.15, -0.1) is 0 Å². The van der Waals surface area contributed by atoms with Crippen molar-refractivity contribution in [2.75, 3.05) is 6.54 Å². The summed E-state index contributed by atoms with van der Waals surface area (Å²) in [6.07, 6.45) is 28.6. The van der Waals surface area contributed by atoms with Crippen LogP contribution >= 0.6 is 0 Å². The van der Waals surface area contributed by atoms with Crippen LogP contribution in [0.15, 0.2) is 0 Å².